The van der Waals surface area contributed by atoms with E-state index in [-0.39, 0.29) is 12.6 Å². The SMILES string of the molecule is COc1ccc(C(C)(O)C2CCCN2CCOCC(F)(F)F)cc1. The fraction of sp³-hybridized carbons (Fsp3) is 0.647. The van der Waals surface area contributed by atoms with E-state index in [1.807, 2.05) is 17.0 Å². The minimum atomic E-state index is -4.31. The van der Waals surface area contributed by atoms with Crippen molar-refractivity contribution in [2.24, 2.45) is 0 Å². The average Bonchev–Trinajstić information content (AvgIpc) is 3.00. The molecular weight excluding hydrogens is 323 g/mol. The summed E-state index contributed by atoms with van der Waals surface area (Å²) >= 11 is 0. The van der Waals surface area contributed by atoms with E-state index in [2.05, 4.69) is 0 Å². The van der Waals surface area contributed by atoms with Crippen LogP contribution in [-0.4, -0.2) is 55.6 Å². The van der Waals surface area contributed by atoms with Crippen LogP contribution in [0.4, 0.5) is 13.2 Å². The van der Waals surface area contributed by atoms with Crippen molar-refractivity contribution in [2.75, 3.05) is 33.4 Å². The number of benzene rings is 1. The van der Waals surface area contributed by atoms with Gasteiger partial charge in [0.05, 0.1) is 13.7 Å². The molecule has 1 aromatic carbocycles. The van der Waals surface area contributed by atoms with Gasteiger partial charge in [0.25, 0.3) is 0 Å². The first-order valence-electron chi connectivity index (χ1n) is 7.99. The van der Waals surface area contributed by atoms with Crippen LogP contribution in [0.1, 0.15) is 25.3 Å². The highest BCUT2D eigenvalue weighted by Crippen LogP contribution is 2.35. The monoisotopic (exact) mass is 347 g/mol. The Hall–Kier alpha value is -1.31. The Morgan fingerprint density at radius 3 is 2.50 bits per heavy atom. The number of ether oxygens (including phenoxy) is 2. The summed E-state index contributed by atoms with van der Waals surface area (Å²) in [5.41, 5.74) is -0.330. The smallest absolute Gasteiger partial charge is 0.411 e. The van der Waals surface area contributed by atoms with E-state index < -0.39 is 18.4 Å². The molecule has 2 atom stereocenters. The molecule has 1 saturated heterocycles. The van der Waals surface area contributed by atoms with Crippen molar-refractivity contribution in [3.05, 3.63) is 29.8 Å². The Morgan fingerprint density at radius 1 is 1.25 bits per heavy atom. The van der Waals surface area contributed by atoms with E-state index in [4.69, 9.17) is 9.47 Å². The van der Waals surface area contributed by atoms with Gasteiger partial charge in [-0.3, -0.25) is 4.90 Å². The van der Waals surface area contributed by atoms with Crippen LogP contribution < -0.4 is 4.74 Å². The van der Waals surface area contributed by atoms with Gasteiger partial charge in [0.1, 0.15) is 18.0 Å². The van der Waals surface area contributed by atoms with Crippen molar-refractivity contribution >= 4 is 0 Å². The van der Waals surface area contributed by atoms with Gasteiger partial charge in [-0.2, -0.15) is 13.2 Å². The number of rotatable bonds is 7. The fourth-order valence-electron chi connectivity index (χ4n) is 3.22. The zero-order valence-electron chi connectivity index (χ0n) is 14.0. The van der Waals surface area contributed by atoms with Crippen LogP contribution in [0.2, 0.25) is 0 Å². The van der Waals surface area contributed by atoms with Crippen LogP contribution in [-0.2, 0) is 10.3 Å². The quantitative estimate of drug-likeness (QED) is 0.770. The molecule has 0 aromatic heterocycles. The first kappa shape index (κ1) is 19.0. The van der Waals surface area contributed by atoms with E-state index in [9.17, 15) is 18.3 Å². The van der Waals surface area contributed by atoms with Gasteiger partial charge in [-0.25, -0.2) is 0 Å². The molecule has 136 valence electrons. The molecule has 1 fully saturated rings. The Morgan fingerprint density at radius 2 is 1.92 bits per heavy atom. The summed E-state index contributed by atoms with van der Waals surface area (Å²) in [6, 6.07) is 7.05. The summed E-state index contributed by atoms with van der Waals surface area (Å²) in [5, 5.41) is 11.0. The Bertz CT molecular complexity index is 517. The molecule has 24 heavy (non-hydrogen) atoms. The summed E-state index contributed by atoms with van der Waals surface area (Å²) in [6.45, 7) is 1.61. The molecule has 0 saturated carbocycles. The lowest BCUT2D eigenvalue weighted by atomic mass is 9.86. The van der Waals surface area contributed by atoms with Gasteiger partial charge in [0.2, 0.25) is 0 Å². The predicted molar refractivity (Wildman–Crippen MR) is 84.0 cm³/mol. The molecular formula is C17H24F3NO3. The first-order valence-corrected chi connectivity index (χ1v) is 7.99. The summed E-state index contributed by atoms with van der Waals surface area (Å²) in [7, 11) is 1.58. The minimum absolute atomic E-state index is 0.00526. The Labute approximate surface area is 140 Å². The van der Waals surface area contributed by atoms with Gasteiger partial charge in [0.15, 0.2) is 0 Å². The molecule has 0 aliphatic carbocycles. The Kier molecular flexibility index (Phi) is 6.11. The Balaban J connectivity index is 1.97. The molecule has 1 heterocycles. The maximum absolute atomic E-state index is 12.1. The summed E-state index contributed by atoms with van der Waals surface area (Å²) in [5.74, 6) is 0.707. The number of methoxy groups -OCH3 is 1. The number of aliphatic hydroxyl groups is 1. The van der Waals surface area contributed by atoms with Crippen molar-refractivity contribution in [1.29, 1.82) is 0 Å². The lowest BCUT2D eigenvalue weighted by molar-refractivity contribution is -0.175. The summed E-state index contributed by atoms with van der Waals surface area (Å²) in [6.07, 6.45) is -2.62. The molecule has 0 bridgehead atoms. The van der Waals surface area contributed by atoms with Crippen molar-refractivity contribution < 1.29 is 27.8 Å². The summed E-state index contributed by atoms with van der Waals surface area (Å²) < 4.78 is 46.2. The number of alkyl halides is 3. The van der Waals surface area contributed by atoms with Crippen molar-refractivity contribution in [3.63, 3.8) is 0 Å². The largest absolute Gasteiger partial charge is 0.497 e. The number of hydrogen-bond donors (Lipinski definition) is 1. The van der Waals surface area contributed by atoms with Crippen molar-refractivity contribution in [3.8, 4) is 5.75 Å². The molecule has 1 aliphatic rings. The van der Waals surface area contributed by atoms with Gasteiger partial charge in [0, 0.05) is 12.6 Å². The van der Waals surface area contributed by atoms with Crippen LogP contribution >= 0.6 is 0 Å². The molecule has 1 aromatic rings. The first-order chi connectivity index (χ1) is 11.2. The average molecular weight is 347 g/mol. The summed E-state index contributed by atoms with van der Waals surface area (Å²) in [4.78, 5) is 2.00. The number of likely N-dealkylation sites (tertiary alicyclic amines) is 1. The molecule has 1 aliphatic heterocycles. The lowest BCUT2D eigenvalue weighted by Crippen LogP contribution is -2.46. The number of halogens is 3. The van der Waals surface area contributed by atoms with Gasteiger partial charge in [-0.05, 0) is 44.0 Å². The fourth-order valence-corrected chi connectivity index (χ4v) is 3.22. The predicted octanol–water partition coefficient (Wildman–Crippen LogP) is 2.95. The van der Waals surface area contributed by atoms with Crippen molar-refractivity contribution in [1.82, 2.24) is 4.90 Å². The van der Waals surface area contributed by atoms with Crippen LogP contribution in [0, 0.1) is 0 Å². The van der Waals surface area contributed by atoms with E-state index in [0.717, 1.165) is 24.9 Å². The van der Waals surface area contributed by atoms with E-state index >= 15 is 0 Å². The molecule has 0 amide bonds. The van der Waals surface area contributed by atoms with Gasteiger partial charge < -0.3 is 14.6 Å². The molecule has 2 unspecified atom stereocenters. The van der Waals surface area contributed by atoms with Crippen LogP contribution in [0.3, 0.4) is 0 Å². The van der Waals surface area contributed by atoms with E-state index in [1.54, 1.807) is 26.2 Å². The lowest BCUT2D eigenvalue weighted by Gasteiger charge is -2.37. The molecule has 1 N–H and O–H groups in total. The molecule has 7 heteroatoms. The molecule has 4 nitrogen and oxygen atoms in total. The third-order valence-electron chi connectivity index (χ3n) is 4.48. The van der Waals surface area contributed by atoms with Gasteiger partial charge >= 0.3 is 6.18 Å². The maximum Gasteiger partial charge on any atom is 0.411 e. The topological polar surface area (TPSA) is 41.9 Å². The van der Waals surface area contributed by atoms with Crippen molar-refractivity contribution in [2.45, 2.75) is 37.6 Å². The highest BCUT2D eigenvalue weighted by molar-refractivity contribution is 5.31. The molecule has 0 radical (unpaired) electrons. The maximum atomic E-state index is 12.1. The highest BCUT2D eigenvalue weighted by Gasteiger charge is 2.40. The van der Waals surface area contributed by atoms with E-state index in [0.29, 0.717) is 12.3 Å². The van der Waals surface area contributed by atoms with Gasteiger partial charge in [-0.15, -0.1) is 0 Å². The zero-order valence-corrected chi connectivity index (χ0v) is 14.0. The van der Waals surface area contributed by atoms with Crippen LogP contribution in [0.15, 0.2) is 24.3 Å². The van der Waals surface area contributed by atoms with Crippen LogP contribution in [0.25, 0.3) is 0 Å². The number of hydrogen-bond acceptors (Lipinski definition) is 4. The second-order valence-electron chi connectivity index (χ2n) is 6.24. The van der Waals surface area contributed by atoms with Crippen LogP contribution in [0.5, 0.6) is 5.75 Å². The third-order valence-corrected chi connectivity index (χ3v) is 4.48. The molecule has 2 rings (SSSR count). The standard InChI is InChI=1S/C17H24F3NO3/c1-16(22,13-5-7-14(23-2)8-6-13)15-4-3-9-21(15)10-11-24-12-17(18,19)20/h5-8,15,22H,3-4,9-12H2,1-2H3. The number of nitrogens with zero attached hydrogens (tertiary/aromatic N) is 1. The highest BCUT2D eigenvalue weighted by atomic mass is 19.4. The third kappa shape index (κ3) is 4.84. The van der Waals surface area contributed by atoms with Gasteiger partial charge in [-0.1, -0.05) is 12.1 Å². The zero-order chi connectivity index (χ0) is 17.8. The normalized spacial score (nSPS) is 21.7. The van der Waals surface area contributed by atoms with E-state index in [1.165, 1.54) is 0 Å². The minimum Gasteiger partial charge on any atom is -0.497 e. The second-order valence-corrected chi connectivity index (χ2v) is 6.24. The second kappa shape index (κ2) is 7.72. The molecule has 0 spiro atoms.